The van der Waals surface area contributed by atoms with Gasteiger partial charge >= 0.3 is 12.1 Å². The van der Waals surface area contributed by atoms with Gasteiger partial charge < -0.3 is 10.5 Å². The Morgan fingerprint density at radius 3 is 2.50 bits per heavy atom. The lowest BCUT2D eigenvalue weighted by molar-refractivity contribution is -0.142. The van der Waals surface area contributed by atoms with Gasteiger partial charge in [0.2, 0.25) is 0 Å². The van der Waals surface area contributed by atoms with E-state index in [1.165, 1.54) is 6.07 Å². The second-order valence-electron chi connectivity index (χ2n) is 3.96. The Labute approximate surface area is 113 Å². The summed E-state index contributed by atoms with van der Waals surface area (Å²) in [5.41, 5.74) is 4.26. The molecule has 20 heavy (non-hydrogen) atoms. The highest BCUT2D eigenvalue weighted by atomic mass is 19.4. The third-order valence-corrected chi connectivity index (χ3v) is 2.63. The first-order valence-electron chi connectivity index (χ1n) is 5.82. The molecule has 0 radical (unpaired) electrons. The summed E-state index contributed by atoms with van der Waals surface area (Å²) in [6, 6.07) is 3.34. The van der Waals surface area contributed by atoms with Crippen LogP contribution in [0.3, 0.4) is 0 Å². The van der Waals surface area contributed by atoms with E-state index in [1.54, 1.807) is 6.92 Å². The van der Waals surface area contributed by atoms with Crippen LogP contribution < -0.4 is 5.73 Å². The first-order valence-corrected chi connectivity index (χ1v) is 5.82. The number of nitriles is 1. The van der Waals surface area contributed by atoms with E-state index < -0.39 is 23.3 Å². The van der Waals surface area contributed by atoms with Gasteiger partial charge in [0.1, 0.15) is 0 Å². The lowest BCUT2D eigenvalue weighted by atomic mass is 9.96. The number of benzene rings is 1. The molecule has 2 N–H and O–H groups in total. The Morgan fingerprint density at radius 2 is 2.05 bits per heavy atom. The summed E-state index contributed by atoms with van der Waals surface area (Å²) in [6.07, 6.45) is -4.86. The molecule has 0 saturated heterocycles. The van der Waals surface area contributed by atoms with Crippen molar-refractivity contribution < 1.29 is 22.7 Å². The first-order chi connectivity index (χ1) is 9.33. The van der Waals surface area contributed by atoms with Crippen LogP contribution in [-0.4, -0.2) is 12.6 Å². The van der Waals surface area contributed by atoms with E-state index in [9.17, 15) is 18.0 Å². The maximum Gasteiger partial charge on any atom is 0.417 e. The highest BCUT2D eigenvalue weighted by molar-refractivity contribution is 5.73. The Kier molecular flexibility index (Phi) is 5.11. The van der Waals surface area contributed by atoms with Gasteiger partial charge in [0.15, 0.2) is 0 Å². The van der Waals surface area contributed by atoms with Crippen molar-refractivity contribution >= 4 is 5.97 Å². The monoisotopic (exact) mass is 286 g/mol. The van der Waals surface area contributed by atoms with Crippen molar-refractivity contribution in [1.29, 1.82) is 5.26 Å². The van der Waals surface area contributed by atoms with Crippen LogP contribution in [0.4, 0.5) is 13.2 Å². The van der Waals surface area contributed by atoms with Crippen molar-refractivity contribution in [2.75, 3.05) is 6.61 Å². The van der Waals surface area contributed by atoms with Crippen molar-refractivity contribution in [3.05, 3.63) is 34.4 Å². The normalized spacial score (nSPS) is 11.0. The van der Waals surface area contributed by atoms with Crippen molar-refractivity contribution in [1.82, 2.24) is 0 Å². The van der Waals surface area contributed by atoms with Crippen LogP contribution in [0.25, 0.3) is 0 Å². The Hall–Kier alpha value is -2.07. The third kappa shape index (κ3) is 3.71. The molecule has 1 aromatic rings. The molecule has 0 saturated carbocycles. The Bertz CT molecular complexity index is 548. The van der Waals surface area contributed by atoms with Gasteiger partial charge in [-0.05, 0) is 30.2 Å². The molecule has 1 aromatic carbocycles. The predicted octanol–water partition coefficient (Wildman–Crippen LogP) is 2.14. The molecule has 0 heterocycles. The number of carbonyl (C=O) groups excluding carboxylic acids is 1. The van der Waals surface area contributed by atoms with E-state index in [2.05, 4.69) is 0 Å². The van der Waals surface area contributed by atoms with Crippen LogP contribution in [0.1, 0.15) is 29.2 Å². The van der Waals surface area contributed by atoms with Gasteiger partial charge in [-0.3, -0.25) is 4.79 Å². The zero-order valence-electron chi connectivity index (χ0n) is 10.8. The molecule has 0 spiro atoms. The molecule has 0 aromatic heterocycles. The van der Waals surface area contributed by atoms with Crippen LogP contribution >= 0.6 is 0 Å². The van der Waals surface area contributed by atoms with Crippen LogP contribution in [0.15, 0.2) is 12.1 Å². The van der Waals surface area contributed by atoms with E-state index in [0.29, 0.717) is 0 Å². The van der Waals surface area contributed by atoms with E-state index in [1.807, 2.05) is 0 Å². The minimum Gasteiger partial charge on any atom is -0.466 e. The van der Waals surface area contributed by atoms with Crippen molar-refractivity contribution in [3.8, 4) is 6.07 Å². The average Bonchev–Trinajstić information content (AvgIpc) is 2.37. The third-order valence-electron chi connectivity index (χ3n) is 2.63. The summed E-state index contributed by atoms with van der Waals surface area (Å²) in [6.45, 7) is 1.63. The highest BCUT2D eigenvalue weighted by Gasteiger charge is 2.34. The Balaban J connectivity index is 3.27. The molecule has 0 fully saturated rings. The number of alkyl halides is 3. The molecule has 0 unspecified atom stereocenters. The second kappa shape index (κ2) is 6.39. The van der Waals surface area contributed by atoms with Gasteiger partial charge in [0.05, 0.1) is 30.2 Å². The summed E-state index contributed by atoms with van der Waals surface area (Å²) in [5.74, 6) is -0.578. The highest BCUT2D eigenvalue weighted by Crippen LogP contribution is 2.33. The van der Waals surface area contributed by atoms with Gasteiger partial charge in [-0.1, -0.05) is 0 Å². The van der Waals surface area contributed by atoms with E-state index in [-0.39, 0.29) is 30.7 Å². The SMILES string of the molecule is CCOC(=O)Cc1cc(C#N)c(C(F)(F)F)cc1CN. The number of hydrogen-bond acceptors (Lipinski definition) is 4. The Morgan fingerprint density at radius 1 is 1.40 bits per heavy atom. The molecule has 0 aliphatic heterocycles. The number of nitrogens with zero attached hydrogens (tertiary/aromatic N) is 1. The summed E-state index contributed by atoms with van der Waals surface area (Å²) in [4.78, 5) is 11.4. The standard InChI is InChI=1S/C13H13F3N2O2/c1-2-20-12(19)5-8-3-10(7-18)11(13(14,15)16)4-9(8)6-17/h3-4H,2,5-6,17H2,1H3. The van der Waals surface area contributed by atoms with Crippen LogP contribution in [0, 0.1) is 11.3 Å². The minimum atomic E-state index is -4.64. The summed E-state index contributed by atoms with van der Waals surface area (Å²) in [7, 11) is 0. The number of carbonyl (C=O) groups is 1. The van der Waals surface area contributed by atoms with Crippen molar-refractivity contribution in [2.24, 2.45) is 5.73 Å². The number of esters is 1. The van der Waals surface area contributed by atoms with Gasteiger partial charge in [-0.25, -0.2) is 0 Å². The number of nitrogens with two attached hydrogens (primary N) is 1. The lowest BCUT2D eigenvalue weighted by Gasteiger charge is -2.14. The van der Waals surface area contributed by atoms with Crippen LogP contribution in [-0.2, 0) is 28.7 Å². The number of hydrogen-bond donors (Lipinski definition) is 1. The molecule has 1 rings (SSSR count). The number of halogens is 3. The molecule has 0 bridgehead atoms. The van der Waals surface area contributed by atoms with Gasteiger partial charge in [0, 0.05) is 6.54 Å². The summed E-state index contributed by atoms with van der Waals surface area (Å²) >= 11 is 0. The number of rotatable bonds is 4. The minimum absolute atomic E-state index is 0.163. The fraction of sp³-hybridized carbons (Fsp3) is 0.385. The molecular formula is C13H13F3N2O2. The van der Waals surface area contributed by atoms with Gasteiger partial charge in [0.25, 0.3) is 0 Å². The predicted molar refractivity (Wildman–Crippen MR) is 64.4 cm³/mol. The van der Waals surface area contributed by atoms with Gasteiger partial charge in [-0.2, -0.15) is 18.4 Å². The van der Waals surface area contributed by atoms with Crippen molar-refractivity contribution in [2.45, 2.75) is 26.1 Å². The smallest absolute Gasteiger partial charge is 0.417 e. The topological polar surface area (TPSA) is 76.1 Å². The largest absolute Gasteiger partial charge is 0.466 e. The quantitative estimate of drug-likeness (QED) is 0.860. The molecule has 0 amide bonds. The van der Waals surface area contributed by atoms with E-state index in [0.717, 1.165) is 12.1 Å². The van der Waals surface area contributed by atoms with Crippen molar-refractivity contribution in [3.63, 3.8) is 0 Å². The lowest BCUT2D eigenvalue weighted by Crippen LogP contribution is -2.15. The average molecular weight is 286 g/mol. The zero-order chi connectivity index (χ0) is 15.3. The maximum absolute atomic E-state index is 12.8. The van der Waals surface area contributed by atoms with E-state index >= 15 is 0 Å². The molecule has 108 valence electrons. The van der Waals surface area contributed by atoms with Crippen LogP contribution in [0.5, 0.6) is 0 Å². The first kappa shape index (κ1) is 16.0. The molecule has 0 atom stereocenters. The number of ether oxygens (including phenoxy) is 1. The molecule has 0 aliphatic carbocycles. The molecular weight excluding hydrogens is 273 g/mol. The fourth-order valence-electron chi connectivity index (χ4n) is 1.74. The summed E-state index contributed by atoms with van der Waals surface area (Å²) in [5, 5.41) is 8.81. The molecule has 7 heteroatoms. The van der Waals surface area contributed by atoms with E-state index in [4.69, 9.17) is 15.7 Å². The fourth-order valence-corrected chi connectivity index (χ4v) is 1.74. The summed E-state index contributed by atoms with van der Waals surface area (Å²) < 4.78 is 43.1. The second-order valence-corrected chi connectivity index (χ2v) is 3.96. The zero-order valence-corrected chi connectivity index (χ0v) is 10.8. The molecule has 4 nitrogen and oxygen atoms in total. The van der Waals surface area contributed by atoms with Gasteiger partial charge in [-0.15, -0.1) is 0 Å². The van der Waals surface area contributed by atoms with Crippen LogP contribution in [0.2, 0.25) is 0 Å². The maximum atomic E-state index is 12.8. The molecule has 0 aliphatic rings.